The van der Waals surface area contributed by atoms with Crippen molar-refractivity contribution < 1.29 is 0 Å². The Labute approximate surface area is 134 Å². The lowest BCUT2D eigenvalue weighted by molar-refractivity contribution is 0.515. The van der Waals surface area contributed by atoms with Gasteiger partial charge in [0.25, 0.3) is 0 Å². The van der Waals surface area contributed by atoms with Gasteiger partial charge < -0.3 is 5.32 Å². The third-order valence-corrected chi connectivity index (χ3v) is 4.68. The summed E-state index contributed by atoms with van der Waals surface area (Å²) < 4.78 is 0.958. The highest BCUT2D eigenvalue weighted by atomic mass is 79.9. The molecule has 0 aliphatic heterocycles. The van der Waals surface area contributed by atoms with E-state index in [4.69, 9.17) is 11.6 Å². The van der Waals surface area contributed by atoms with Crippen molar-refractivity contribution in [3.8, 4) is 0 Å². The lowest BCUT2D eigenvalue weighted by Gasteiger charge is -2.20. The molecule has 2 aromatic carbocycles. The normalized spacial score (nSPS) is 12.3. The molecule has 0 bridgehead atoms. The summed E-state index contributed by atoms with van der Waals surface area (Å²) in [5.74, 6) is 0. The molecule has 0 fully saturated rings. The minimum Gasteiger partial charge on any atom is -0.310 e. The van der Waals surface area contributed by atoms with E-state index >= 15 is 0 Å². The second-order valence-electron chi connectivity index (χ2n) is 4.78. The predicted molar refractivity (Wildman–Crippen MR) is 90.3 cm³/mol. The molecule has 1 unspecified atom stereocenters. The number of aryl methyl sites for hydroxylation is 1. The molecule has 2 aromatic rings. The molecule has 2 rings (SSSR count). The molecule has 20 heavy (non-hydrogen) atoms. The lowest BCUT2D eigenvalue weighted by atomic mass is 9.99. The van der Waals surface area contributed by atoms with Gasteiger partial charge in [0.2, 0.25) is 0 Å². The van der Waals surface area contributed by atoms with Crippen LogP contribution in [-0.4, -0.2) is 6.54 Å². The van der Waals surface area contributed by atoms with E-state index in [0.29, 0.717) is 0 Å². The Morgan fingerprint density at radius 1 is 1.10 bits per heavy atom. The smallest absolute Gasteiger partial charge is 0.0595 e. The molecule has 0 radical (unpaired) electrons. The second-order valence-corrected chi connectivity index (χ2v) is 6.01. The van der Waals surface area contributed by atoms with Crippen molar-refractivity contribution >= 4 is 27.5 Å². The van der Waals surface area contributed by atoms with Crippen molar-refractivity contribution in [3.63, 3.8) is 0 Å². The van der Waals surface area contributed by atoms with E-state index in [1.807, 2.05) is 12.1 Å². The van der Waals surface area contributed by atoms with Gasteiger partial charge >= 0.3 is 0 Å². The van der Waals surface area contributed by atoms with E-state index in [-0.39, 0.29) is 6.04 Å². The summed E-state index contributed by atoms with van der Waals surface area (Å²) in [5, 5.41) is 4.34. The van der Waals surface area contributed by atoms with Gasteiger partial charge in [0.15, 0.2) is 0 Å². The van der Waals surface area contributed by atoms with E-state index in [9.17, 15) is 0 Å². The maximum atomic E-state index is 6.42. The first kappa shape index (κ1) is 15.6. The molecule has 0 saturated heterocycles. The van der Waals surface area contributed by atoms with Crippen LogP contribution in [0, 0.1) is 0 Å². The molecule has 0 spiro atoms. The SMILES string of the molecule is CCNC(CCc1ccccc1)c1cccc(Br)c1Cl. The first-order chi connectivity index (χ1) is 9.72. The summed E-state index contributed by atoms with van der Waals surface area (Å²) in [7, 11) is 0. The first-order valence-corrected chi connectivity index (χ1v) is 8.10. The second kappa shape index (κ2) is 7.82. The minimum absolute atomic E-state index is 0.283. The monoisotopic (exact) mass is 351 g/mol. The van der Waals surface area contributed by atoms with Gasteiger partial charge in [0, 0.05) is 10.5 Å². The van der Waals surface area contributed by atoms with Gasteiger partial charge in [0.1, 0.15) is 0 Å². The molecule has 0 aliphatic rings. The van der Waals surface area contributed by atoms with Gasteiger partial charge in [-0.25, -0.2) is 0 Å². The summed E-state index contributed by atoms with van der Waals surface area (Å²) in [6.45, 7) is 3.06. The standard InChI is InChI=1S/C17H19BrClN/c1-2-20-16(12-11-13-7-4-3-5-8-13)14-9-6-10-15(18)17(14)19/h3-10,16,20H,2,11-12H2,1H3. The van der Waals surface area contributed by atoms with Crippen molar-refractivity contribution in [2.45, 2.75) is 25.8 Å². The number of rotatable bonds is 6. The fraction of sp³-hybridized carbons (Fsp3) is 0.294. The molecule has 0 saturated carbocycles. The van der Waals surface area contributed by atoms with Crippen LogP contribution in [0.15, 0.2) is 53.0 Å². The highest BCUT2D eigenvalue weighted by molar-refractivity contribution is 9.10. The zero-order valence-corrected chi connectivity index (χ0v) is 13.9. The Morgan fingerprint density at radius 3 is 2.55 bits per heavy atom. The Bertz CT molecular complexity index is 542. The summed E-state index contributed by atoms with van der Waals surface area (Å²) in [6.07, 6.45) is 2.08. The van der Waals surface area contributed by atoms with Crippen LogP contribution >= 0.6 is 27.5 Å². The van der Waals surface area contributed by atoms with Gasteiger partial charge in [-0.05, 0) is 52.5 Å². The Morgan fingerprint density at radius 2 is 1.85 bits per heavy atom. The number of nitrogens with one attached hydrogen (secondary N) is 1. The molecule has 1 atom stereocenters. The fourth-order valence-electron chi connectivity index (χ4n) is 2.36. The average Bonchev–Trinajstić information content (AvgIpc) is 2.48. The third-order valence-electron chi connectivity index (χ3n) is 3.37. The largest absolute Gasteiger partial charge is 0.310 e. The van der Waals surface area contributed by atoms with Crippen molar-refractivity contribution in [3.05, 3.63) is 69.2 Å². The van der Waals surface area contributed by atoms with Crippen LogP contribution in [0.1, 0.15) is 30.5 Å². The molecular weight excluding hydrogens is 334 g/mol. The van der Waals surface area contributed by atoms with E-state index < -0.39 is 0 Å². The van der Waals surface area contributed by atoms with E-state index in [2.05, 4.69) is 64.6 Å². The highest BCUT2D eigenvalue weighted by Crippen LogP contribution is 2.32. The average molecular weight is 353 g/mol. The summed E-state index contributed by atoms with van der Waals surface area (Å²) in [4.78, 5) is 0. The maximum Gasteiger partial charge on any atom is 0.0595 e. The quantitative estimate of drug-likeness (QED) is 0.735. The lowest BCUT2D eigenvalue weighted by Crippen LogP contribution is -2.22. The molecule has 0 aliphatic carbocycles. The topological polar surface area (TPSA) is 12.0 Å². The van der Waals surface area contributed by atoms with Crippen LogP contribution in [0.2, 0.25) is 5.02 Å². The zero-order chi connectivity index (χ0) is 14.4. The van der Waals surface area contributed by atoms with E-state index in [1.54, 1.807) is 0 Å². The van der Waals surface area contributed by atoms with Crippen LogP contribution in [0.5, 0.6) is 0 Å². The van der Waals surface area contributed by atoms with Crippen LogP contribution in [0.3, 0.4) is 0 Å². The summed E-state index contributed by atoms with van der Waals surface area (Å²) in [6, 6.07) is 17.0. The summed E-state index contributed by atoms with van der Waals surface area (Å²) >= 11 is 9.92. The Kier molecular flexibility index (Phi) is 6.08. The fourth-order valence-corrected chi connectivity index (χ4v) is 3.00. The molecule has 0 heterocycles. The molecule has 0 amide bonds. The van der Waals surface area contributed by atoms with Crippen molar-refractivity contribution in [1.82, 2.24) is 5.32 Å². The maximum absolute atomic E-state index is 6.42. The van der Waals surface area contributed by atoms with E-state index in [1.165, 1.54) is 11.1 Å². The first-order valence-electron chi connectivity index (χ1n) is 6.93. The van der Waals surface area contributed by atoms with Crippen molar-refractivity contribution in [2.75, 3.05) is 6.54 Å². The van der Waals surface area contributed by atoms with Crippen LogP contribution in [0.25, 0.3) is 0 Å². The summed E-state index contributed by atoms with van der Waals surface area (Å²) in [5.41, 5.74) is 2.53. The Balaban J connectivity index is 2.12. The predicted octanol–water partition coefficient (Wildman–Crippen LogP) is 5.39. The van der Waals surface area contributed by atoms with Crippen LogP contribution in [0.4, 0.5) is 0 Å². The zero-order valence-electron chi connectivity index (χ0n) is 11.6. The van der Waals surface area contributed by atoms with Gasteiger partial charge in [-0.15, -0.1) is 0 Å². The van der Waals surface area contributed by atoms with Gasteiger partial charge in [0.05, 0.1) is 5.02 Å². The number of halogens is 2. The Hall–Kier alpha value is -0.830. The molecule has 3 heteroatoms. The number of hydrogen-bond donors (Lipinski definition) is 1. The van der Waals surface area contributed by atoms with Crippen LogP contribution < -0.4 is 5.32 Å². The van der Waals surface area contributed by atoms with Gasteiger partial charge in [-0.2, -0.15) is 0 Å². The van der Waals surface area contributed by atoms with Crippen LogP contribution in [-0.2, 0) is 6.42 Å². The molecule has 1 nitrogen and oxygen atoms in total. The highest BCUT2D eigenvalue weighted by Gasteiger charge is 2.15. The van der Waals surface area contributed by atoms with Crippen molar-refractivity contribution in [1.29, 1.82) is 0 Å². The van der Waals surface area contributed by atoms with Gasteiger partial charge in [-0.1, -0.05) is 61.0 Å². The van der Waals surface area contributed by atoms with Gasteiger partial charge in [-0.3, -0.25) is 0 Å². The molecule has 1 N–H and O–H groups in total. The molecule has 0 aromatic heterocycles. The minimum atomic E-state index is 0.283. The third kappa shape index (κ3) is 4.08. The molecular formula is C17H19BrClN. The number of benzene rings is 2. The van der Waals surface area contributed by atoms with Crippen molar-refractivity contribution in [2.24, 2.45) is 0 Å². The van der Waals surface area contributed by atoms with E-state index in [0.717, 1.165) is 28.9 Å². The molecule has 106 valence electrons. The number of hydrogen-bond acceptors (Lipinski definition) is 1.